The Bertz CT molecular complexity index is 526. The fourth-order valence-corrected chi connectivity index (χ4v) is 1.39. The van der Waals surface area contributed by atoms with Crippen molar-refractivity contribution in [3.05, 3.63) is 59.7 Å². The number of nitrogen functional groups attached to an aromatic ring is 1. The van der Waals surface area contributed by atoms with E-state index in [1.165, 1.54) is 18.3 Å². The lowest BCUT2D eigenvalue weighted by Gasteiger charge is -2.04. The van der Waals surface area contributed by atoms with Gasteiger partial charge >= 0.3 is 0 Å². The van der Waals surface area contributed by atoms with Gasteiger partial charge in [-0.3, -0.25) is 9.78 Å². The maximum Gasteiger partial charge on any atom is 0.196 e. The molecule has 0 aliphatic rings. The van der Waals surface area contributed by atoms with Gasteiger partial charge < -0.3 is 5.73 Å². The van der Waals surface area contributed by atoms with Gasteiger partial charge in [0.1, 0.15) is 5.82 Å². The molecule has 0 spiro atoms. The van der Waals surface area contributed by atoms with E-state index in [0.717, 1.165) is 6.07 Å². The topological polar surface area (TPSA) is 56.0 Å². The van der Waals surface area contributed by atoms with Crippen LogP contribution in [0.4, 0.5) is 10.1 Å². The number of carbonyl (C=O) groups is 1. The molecule has 2 rings (SSSR count). The summed E-state index contributed by atoms with van der Waals surface area (Å²) in [7, 11) is 0. The maximum absolute atomic E-state index is 12.8. The van der Waals surface area contributed by atoms with E-state index in [1.807, 2.05) is 0 Å². The van der Waals surface area contributed by atoms with E-state index < -0.39 is 5.82 Å². The molecule has 2 aromatic rings. The highest BCUT2D eigenvalue weighted by molar-refractivity contribution is 6.11. The van der Waals surface area contributed by atoms with E-state index in [2.05, 4.69) is 4.98 Å². The highest BCUT2D eigenvalue weighted by atomic mass is 19.1. The summed E-state index contributed by atoms with van der Waals surface area (Å²) >= 11 is 0. The third-order valence-electron chi connectivity index (χ3n) is 2.18. The number of rotatable bonds is 2. The summed E-state index contributed by atoms with van der Waals surface area (Å²) in [5, 5.41) is 0. The molecule has 0 saturated carbocycles. The summed E-state index contributed by atoms with van der Waals surface area (Å²) in [6.07, 6.45) is 3.02. The Morgan fingerprint density at radius 3 is 2.75 bits per heavy atom. The van der Waals surface area contributed by atoms with Crippen molar-refractivity contribution in [3.63, 3.8) is 0 Å². The van der Waals surface area contributed by atoms with Gasteiger partial charge in [-0.05, 0) is 30.3 Å². The average molecular weight is 216 g/mol. The molecule has 1 heterocycles. The van der Waals surface area contributed by atoms with E-state index in [4.69, 9.17) is 5.73 Å². The van der Waals surface area contributed by atoms with Crippen molar-refractivity contribution in [3.8, 4) is 0 Å². The summed E-state index contributed by atoms with van der Waals surface area (Å²) in [4.78, 5) is 15.8. The van der Waals surface area contributed by atoms with E-state index in [-0.39, 0.29) is 17.0 Å². The van der Waals surface area contributed by atoms with Crippen LogP contribution in [0.15, 0.2) is 42.7 Å². The molecule has 2 N–H and O–H groups in total. The Morgan fingerprint density at radius 2 is 2.12 bits per heavy atom. The zero-order chi connectivity index (χ0) is 11.5. The first-order chi connectivity index (χ1) is 7.68. The van der Waals surface area contributed by atoms with Gasteiger partial charge in [0, 0.05) is 29.2 Å². The summed E-state index contributed by atoms with van der Waals surface area (Å²) in [5.74, 6) is -0.717. The van der Waals surface area contributed by atoms with Crippen LogP contribution < -0.4 is 5.73 Å². The molecular weight excluding hydrogens is 207 g/mol. The van der Waals surface area contributed by atoms with Crippen LogP contribution >= 0.6 is 0 Å². The van der Waals surface area contributed by atoms with Gasteiger partial charge in [0.05, 0.1) is 0 Å². The first-order valence-corrected chi connectivity index (χ1v) is 4.68. The second-order valence-electron chi connectivity index (χ2n) is 3.30. The van der Waals surface area contributed by atoms with Crippen molar-refractivity contribution in [1.82, 2.24) is 4.98 Å². The smallest absolute Gasteiger partial charge is 0.196 e. The van der Waals surface area contributed by atoms with Crippen LogP contribution in [0.2, 0.25) is 0 Å². The van der Waals surface area contributed by atoms with Crippen LogP contribution in [0.3, 0.4) is 0 Å². The molecule has 0 amide bonds. The minimum Gasteiger partial charge on any atom is -0.398 e. The van der Waals surface area contributed by atoms with Gasteiger partial charge in [0.15, 0.2) is 5.78 Å². The molecule has 16 heavy (non-hydrogen) atoms. The molecule has 3 nitrogen and oxygen atoms in total. The van der Waals surface area contributed by atoms with Crippen LogP contribution in [0, 0.1) is 5.82 Å². The average Bonchev–Trinajstić information content (AvgIpc) is 2.29. The third kappa shape index (κ3) is 1.91. The number of carbonyl (C=O) groups excluding carboxylic acids is 1. The largest absolute Gasteiger partial charge is 0.398 e. The molecule has 0 radical (unpaired) electrons. The first-order valence-electron chi connectivity index (χ1n) is 4.68. The number of hydrogen-bond donors (Lipinski definition) is 1. The summed E-state index contributed by atoms with van der Waals surface area (Å²) in [6.45, 7) is 0. The molecule has 80 valence electrons. The Balaban J connectivity index is 2.42. The Morgan fingerprint density at radius 1 is 1.31 bits per heavy atom. The van der Waals surface area contributed by atoms with Crippen molar-refractivity contribution < 1.29 is 9.18 Å². The van der Waals surface area contributed by atoms with Crippen LogP contribution in [-0.2, 0) is 0 Å². The van der Waals surface area contributed by atoms with Gasteiger partial charge in [-0.1, -0.05) is 0 Å². The number of halogens is 1. The lowest BCUT2D eigenvalue weighted by atomic mass is 10.0. The molecule has 0 aliphatic heterocycles. The number of benzene rings is 1. The molecule has 1 aromatic carbocycles. The first kappa shape index (κ1) is 10.3. The highest BCUT2D eigenvalue weighted by Gasteiger charge is 2.12. The number of pyridine rings is 1. The van der Waals surface area contributed by atoms with Crippen molar-refractivity contribution in [2.24, 2.45) is 0 Å². The van der Waals surface area contributed by atoms with Gasteiger partial charge in [-0.25, -0.2) is 4.39 Å². The van der Waals surface area contributed by atoms with Crippen molar-refractivity contribution >= 4 is 11.5 Å². The molecule has 0 aliphatic carbocycles. The van der Waals surface area contributed by atoms with Crippen molar-refractivity contribution in [2.45, 2.75) is 0 Å². The minimum atomic E-state index is -0.458. The van der Waals surface area contributed by atoms with Crippen LogP contribution in [-0.4, -0.2) is 10.8 Å². The number of hydrogen-bond acceptors (Lipinski definition) is 3. The van der Waals surface area contributed by atoms with Crippen molar-refractivity contribution in [1.29, 1.82) is 0 Å². The summed E-state index contributed by atoms with van der Waals surface area (Å²) in [5.41, 5.74) is 6.43. The van der Waals surface area contributed by atoms with Crippen LogP contribution in [0.25, 0.3) is 0 Å². The molecule has 1 aromatic heterocycles. The predicted molar refractivity (Wildman–Crippen MR) is 58.5 cm³/mol. The van der Waals surface area contributed by atoms with Gasteiger partial charge in [-0.2, -0.15) is 0 Å². The molecule has 0 fully saturated rings. The molecule has 0 saturated heterocycles. The Kier molecular flexibility index (Phi) is 2.64. The third-order valence-corrected chi connectivity index (χ3v) is 2.18. The number of anilines is 1. The van der Waals surface area contributed by atoms with Crippen LogP contribution in [0.1, 0.15) is 15.9 Å². The quantitative estimate of drug-likeness (QED) is 0.617. The monoisotopic (exact) mass is 216 g/mol. The molecule has 0 atom stereocenters. The number of ketones is 1. The Labute approximate surface area is 91.7 Å². The fraction of sp³-hybridized carbons (Fsp3) is 0. The van der Waals surface area contributed by atoms with Gasteiger partial charge in [0.2, 0.25) is 0 Å². The minimum absolute atomic E-state index is 0.133. The zero-order valence-corrected chi connectivity index (χ0v) is 8.35. The van der Waals surface area contributed by atoms with E-state index in [0.29, 0.717) is 5.56 Å². The summed E-state index contributed by atoms with van der Waals surface area (Å²) in [6, 6.07) is 7.01. The predicted octanol–water partition coefficient (Wildman–Crippen LogP) is 2.03. The SMILES string of the molecule is Nc1cc(F)ccc1C(=O)c1cccnc1. The normalized spacial score (nSPS) is 10.1. The van der Waals surface area contributed by atoms with Gasteiger partial charge in [0.25, 0.3) is 0 Å². The number of aromatic nitrogens is 1. The number of nitrogens with two attached hydrogens (primary N) is 1. The maximum atomic E-state index is 12.8. The van der Waals surface area contributed by atoms with E-state index in [9.17, 15) is 9.18 Å². The number of nitrogens with zero attached hydrogens (tertiary/aromatic N) is 1. The molecular formula is C12H9FN2O. The molecule has 0 bridgehead atoms. The lowest BCUT2D eigenvalue weighted by Crippen LogP contribution is -2.05. The summed E-state index contributed by atoms with van der Waals surface area (Å²) < 4.78 is 12.8. The highest BCUT2D eigenvalue weighted by Crippen LogP contribution is 2.17. The van der Waals surface area contributed by atoms with Crippen LogP contribution in [0.5, 0.6) is 0 Å². The zero-order valence-electron chi connectivity index (χ0n) is 8.35. The fourth-order valence-electron chi connectivity index (χ4n) is 1.39. The molecule has 4 heteroatoms. The van der Waals surface area contributed by atoms with Gasteiger partial charge in [-0.15, -0.1) is 0 Å². The van der Waals surface area contributed by atoms with E-state index in [1.54, 1.807) is 18.3 Å². The standard InChI is InChI=1S/C12H9FN2O/c13-9-3-4-10(11(14)6-9)12(16)8-2-1-5-15-7-8/h1-7H,14H2. The second-order valence-corrected chi connectivity index (χ2v) is 3.30. The van der Waals surface area contributed by atoms with Crippen molar-refractivity contribution in [2.75, 3.05) is 5.73 Å². The Hall–Kier alpha value is -2.23. The molecule has 0 unspecified atom stereocenters. The second kappa shape index (κ2) is 4.10. The lowest BCUT2D eigenvalue weighted by molar-refractivity contribution is 0.103. The van der Waals surface area contributed by atoms with E-state index >= 15 is 0 Å².